The number of aromatic nitrogens is 1. The lowest BCUT2D eigenvalue weighted by Gasteiger charge is -2.19. The van der Waals surface area contributed by atoms with E-state index in [4.69, 9.17) is 0 Å². The highest BCUT2D eigenvalue weighted by Gasteiger charge is 2.19. The molecule has 0 aliphatic rings. The zero-order valence-corrected chi connectivity index (χ0v) is 31.6. The van der Waals surface area contributed by atoms with Gasteiger partial charge in [-0.15, -0.1) is 11.3 Å². The van der Waals surface area contributed by atoms with Crippen molar-refractivity contribution in [1.29, 1.82) is 0 Å². The maximum absolute atomic E-state index is 2.43. The molecular formula is C50H43NS. The van der Waals surface area contributed by atoms with E-state index in [9.17, 15) is 0 Å². The molecule has 2 heterocycles. The summed E-state index contributed by atoms with van der Waals surface area (Å²) >= 11 is 1.91. The van der Waals surface area contributed by atoms with Gasteiger partial charge in [0.05, 0.1) is 11.0 Å². The third-order valence-electron chi connectivity index (χ3n) is 10.7. The minimum Gasteiger partial charge on any atom is -0.309 e. The van der Waals surface area contributed by atoms with Gasteiger partial charge in [-0.05, 0) is 104 Å². The fraction of sp³-hybridized carbons (Fsp3) is 0.160. The summed E-state index contributed by atoms with van der Waals surface area (Å²) in [5.74, 6) is 0. The number of para-hydroxylation sites is 2. The van der Waals surface area contributed by atoms with Gasteiger partial charge >= 0.3 is 0 Å². The van der Waals surface area contributed by atoms with E-state index >= 15 is 0 Å². The van der Waals surface area contributed by atoms with E-state index in [1.165, 1.54) is 92.2 Å². The quantitative estimate of drug-likeness (QED) is 0.173. The second-order valence-electron chi connectivity index (χ2n) is 16.3. The number of hydrogen-bond donors (Lipinski definition) is 0. The Morgan fingerprint density at radius 3 is 1.62 bits per heavy atom. The first kappa shape index (κ1) is 32.5. The molecule has 0 spiro atoms. The predicted molar refractivity (Wildman–Crippen MR) is 227 cm³/mol. The highest BCUT2D eigenvalue weighted by molar-refractivity contribution is 7.26. The van der Waals surface area contributed by atoms with Crippen LogP contribution < -0.4 is 0 Å². The van der Waals surface area contributed by atoms with Gasteiger partial charge in [0.15, 0.2) is 0 Å². The van der Waals surface area contributed by atoms with Gasteiger partial charge in [0.2, 0.25) is 0 Å². The molecule has 0 amide bonds. The van der Waals surface area contributed by atoms with E-state index in [2.05, 4.69) is 198 Å². The molecule has 0 saturated heterocycles. The fourth-order valence-corrected chi connectivity index (χ4v) is 8.96. The van der Waals surface area contributed by atoms with E-state index in [1.54, 1.807) is 0 Å². The summed E-state index contributed by atoms with van der Waals surface area (Å²) in [5, 5.41) is 5.17. The molecule has 0 atom stereocenters. The Labute approximate surface area is 310 Å². The van der Waals surface area contributed by atoms with E-state index in [1.807, 2.05) is 11.3 Å². The van der Waals surface area contributed by atoms with Crippen molar-refractivity contribution in [1.82, 2.24) is 4.57 Å². The molecule has 0 aliphatic heterocycles. The van der Waals surface area contributed by atoms with Gasteiger partial charge in [-0.1, -0.05) is 139 Å². The van der Waals surface area contributed by atoms with E-state index in [0.717, 1.165) is 0 Å². The monoisotopic (exact) mass is 689 g/mol. The minimum absolute atomic E-state index is 0.104. The first-order chi connectivity index (χ1) is 25.0. The van der Waals surface area contributed by atoms with Crippen molar-refractivity contribution in [2.45, 2.75) is 52.4 Å². The summed E-state index contributed by atoms with van der Waals surface area (Å²) in [5.41, 5.74) is 14.1. The Balaban J connectivity index is 1.27. The van der Waals surface area contributed by atoms with Gasteiger partial charge in [-0.25, -0.2) is 0 Å². The number of thiophene rings is 1. The molecule has 0 bridgehead atoms. The molecule has 0 radical (unpaired) electrons. The zero-order chi connectivity index (χ0) is 35.8. The fourth-order valence-electron chi connectivity index (χ4n) is 7.76. The van der Waals surface area contributed by atoms with Crippen LogP contribution in [-0.4, -0.2) is 4.57 Å². The summed E-state index contributed by atoms with van der Waals surface area (Å²) in [6, 6.07) is 56.8. The molecule has 9 aromatic rings. The first-order valence-electron chi connectivity index (χ1n) is 18.3. The smallest absolute Gasteiger partial charge is 0.0541 e. The van der Waals surface area contributed by atoms with E-state index < -0.39 is 0 Å². The average molecular weight is 690 g/mol. The highest BCUT2D eigenvalue weighted by Crippen LogP contribution is 2.45. The molecule has 2 aromatic heterocycles. The minimum atomic E-state index is 0.104. The van der Waals surface area contributed by atoms with Crippen LogP contribution in [0.5, 0.6) is 0 Å². The third kappa shape index (κ3) is 5.54. The molecule has 0 N–H and O–H groups in total. The van der Waals surface area contributed by atoms with Gasteiger partial charge in [0.25, 0.3) is 0 Å². The number of benzene rings is 7. The molecule has 9 rings (SSSR count). The van der Waals surface area contributed by atoms with Gasteiger partial charge in [0.1, 0.15) is 0 Å². The van der Waals surface area contributed by atoms with Crippen LogP contribution in [0.3, 0.4) is 0 Å². The van der Waals surface area contributed by atoms with Crippen molar-refractivity contribution in [2.24, 2.45) is 0 Å². The van der Waals surface area contributed by atoms with Crippen molar-refractivity contribution in [3.63, 3.8) is 0 Å². The second kappa shape index (κ2) is 12.1. The van der Waals surface area contributed by atoms with Crippen LogP contribution in [0.15, 0.2) is 152 Å². The van der Waals surface area contributed by atoms with Crippen LogP contribution in [0.2, 0.25) is 0 Å². The van der Waals surface area contributed by atoms with Crippen LogP contribution in [0.4, 0.5) is 0 Å². The predicted octanol–water partition coefficient (Wildman–Crippen LogP) is 14.7. The van der Waals surface area contributed by atoms with Crippen LogP contribution in [-0.2, 0) is 10.8 Å². The number of fused-ring (bicyclic) bond motifs is 6. The van der Waals surface area contributed by atoms with Gasteiger partial charge in [0, 0.05) is 42.2 Å². The van der Waals surface area contributed by atoms with Gasteiger partial charge in [-0.2, -0.15) is 0 Å². The highest BCUT2D eigenvalue weighted by atomic mass is 32.1. The van der Waals surface area contributed by atoms with Crippen LogP contribution in [0, 0.1) is 0 Å². The van der Waals surface area contributed by atoms with Gasteiger partial charge < -0.3 is 4.57 Å². The molecule has 0 unspecified atom stereocenters. The van der Waals surface area contributed by atoms with Gasteiger partial charge in [-0.3, -0.25) is 0 Å². The maximum Gasteiger partial charge on any atom is 0.0541 e. The van der Waals surface area contributed by atoms with Crippen LogP contribution >= 0.6 is 11.3 Å². The first-order valence-corrected chi connectivity index (χ1v) is 19.2. The van der Waals surface area contributed by atoms with Crippen molar-refractivity contribution < 1.29 is 0 Å². The number of nitrogens with zero attached hydrogens (tertiary/aromatic N) is 1. The van der Waals surface area contributed by atoms with Crippen molar-refractivity contribution in [2.75, 3.05) is 0 Å². The molecular weight excluding hydrogens is 647 g/mol. The lowest BCUT2D eigenvalue weighted by Crippen LogP contribution is -2.10. The average Bonchev–Trinajstić information content (AvgIpc) is 3.69. The largest absolute Gasteiger partial charge is 0.309 e. The van der Waals surface area contributed by atoms with Crippen LogP contribution in [0.25, 0.3) is 81.0 Å². The van der Waals surface area contributed by atoms with Crippen molar-refractivity contribution in [3.05, 3.63) is 163 Å². The lowest BCUT2D eigenvalue weighted by molar-refractivity contribution is 0.590. The molecule has 0 fully saturated rings. The second-order valence-corrected chi connectivity index (χ2v) is 17.3. The number of hydrogen-bond acceptors (Lipinski definition) is 1. The Kier molecular flexibility index (Phi) is 7.54. The maximum atomic E-state index is 2.43. The van der Waals surface area contributed by atoms with E-state index in [-0.39, 0.29) is 10.8 Å². The third-order valence-corrected chi connectivity index (χ3v) is 12.0. The summed E-state index contributed by atoms with van der Waals surface area (Å²) in [6.07, 6.45) is 0. The normalized spacial score (nSPS) is 12.4. The Bertz CT molecular complexity index is 2760. The summed E-state index contributed by atoms with van der Waals surface area (Å²) in [4.78, 5) is 0. The summed E-state index contributed by atoms with van der Waals surface area (Å²) < 4.78 is 5.04. The van der Waals surface area contributed by atoms with E-state index in [0.29, 0.717) is 0 Å². The molecule has 1 nitrogen and oxygen atoms in total. The molecule has 0 saturated carbocycles. The SMILES string of the molecule is CC(C)(C)c1ccc(-c2ccc3sc4c(-c5ccc6c(c5)c5ccccc5n6-c5ccccc5)cc(-c5ccc(C(C)(C)C)cc5)cc4c3c2)cc1. The van der Waals surface area contributed by atoms with Crippen LogP contribution in [0.1, 0.15) is 52.7 Å². The topological polar surface area (TPSA) is 4.93 Å². The lowest BCUT2D eigenvalue weighted by atomic mass is 9.86. The molecule has 0 aliphatic carbocycles. The molecule has 52 heavy (non-hydrogen) atoms. The zero-order valence-electron chi connectivity index (χ0n) is 30.8. The van der Waals surface area contributed by atoms with Crippen molar-refractivity contribution in [3.8, 4) is 39.1 Å². The molecule has 254 valence electrons. The van der Waals surface area contributed by atoms with Crippen molar-refractivity contribution >= 4 is 53.3 Å². The number of rotatable bonds is 4. The summed E-state index contributed by atoms with van der Waals surface area (Å²) in [7, 11) is 0. The summed E-state index contributed by atoms with van der Waals surface area (Å²) in [6.45, 7) is 13.7. The Morgan fingerprint density at radius 2 is 0.942 bits per heavy atom. The molecule has 2 heteroatoms. The Hall–Kier alpha value is -5.44. The standard InChI is InChI=1S/C50H43NS/c1-49(2,3)37-22-16-32(17-23-37)34-21-27-47-43(28-34)44-31-36(33-18-24-38(25-19-33)50(4,5)6)30-41(48(44)52-47)35-20-26-46-42(29-35)40-14-10-11-15-45(40)51(46)39-12-8-7-9-13-39/h7-31H,1-6H3. The molecule has 7 aromatic carbocycles. The Morgan fingerprint density at radius 1 is 0.404 bits per heavy atom.